The lowest BCUT2D eigenvalue weighted by Crippen LogP contribution is -2.33. The van der Waals surface area contributed by atoms with E-state index in [0.29, 0.717) is 12.0 Å². The fourth-order valence-corrected chi connectivity index (χ4v) is 2.04. The number of hydrogen-bond acceptors (Lipinski definition) is 6. The molecular weight excluding hydrogens is 326 g/mol. The molecule has 1 unspecified atom stereocenters. The molecule has 7 nitrogen and oxygen atoms in total. The Morgan fingerprint density at radius 3 is 2.44 bits per heavy atom. The average molecular weight is 349 g/mol. The summed E-state index contributed by atoms with van der Waals surface area (Å²) in [5.74, 6) is -1.62. The molecule has 0 saturated heterocycles. The smallest absolute Gasteiger partial charge is 0.382 e. The molecule has 0 spiro atoms. The zero-order chi connectivity index (χ0) is 18.7. The number of nitrogens with zero attached hydrogens (tertiary/aromatic N) is 1. The Morgan fingerprint density at radius 1 is 1.20 bits per heavy atom. The van der Waals surface area contributed by atoms with Crippen LogP contribution in [0, 0.1) is 10.1 Å². The van der Waals surface area contributed by atoms with Gasteiger partial charge in [-0.3, -0.25) is 10.1 Å². The Hall–Kier alpha value is -2.70. The van der Waals surface area contributed by atoms with Crippen LogP contribution >= 0.6 is 0 Å². The molecule has 1 aromatic carbocycles. The van der Waals surface area contributed by atoms with Crippen LogP contribution in [-0.2, 0) is 19.1 Å². The molecule has 0 aromatic heterocycles. The van der Waals surface area contributed by atoms with Crippen molar-refractivity contribution < 1.29 is 24.0 Å². The van der Waals surface area contributed by atoms with Crippen LogP contribution in [0.3, 0.4) is 0 Å². The van der Waals surface area contributed by atoms with Crippen molar-refractivity contribution in [2.45, 2.75) is 39.2 Å². The van der Waals surface area contributed by atoms with Gasteiger partial charge in [-0.25, -0.2) is 9.59 Å². The summed E-state index contributed by atoms with van der Waals surface area (Å²) in [6.45, 7) is 3.78. The Bertz CT molecular complexity index is 611. The van der Waals surface area contributed by atoms with Crippen LogP contribution in [0.2, 0.25) is 0 Å². The van der Waals surface area contributed by atoms with Crippen molar-refractivity contribution in [2.24, 2.45) is 0 Å². The van der Waals surface area contributed by atoms with Crippen molar-refractivity contribution in [3.63, 3.8) is 0 Å². The Morgan fingerprint density at radius 2 is 1.88 bits per heavy atom. The van der Waals surface area contributed by atoms with E-state index in [9.17, 15) is 19.7 Å². The fraction of sp³-hybridized carbons (Fsp3) is 0.444. The molecule has 0 radical (unpaired) electrons. The van der Waals surface area contributed by atoms with Gasteiger partial charge in [0, 0.05) is 10.5 Å². The summed E-state index contributed by atoms with van der Waals surface area (Å²) in [5, 5.41) is 11.2. The number of nitro groups is 1. The molecule has 0 heterocycles. The third kappa shape index (κ3) is 7.15. The summed E-state index contributed by atoms with van der Waals surface area (Å²) in [5.41, 5.74) is 0.757. The van der Waals surface area contributed by atoms with E-state index in [-0.39, 0.29) is 25.2 Å². The van der Waals surface area contributed by atoms with Gasteiger partial charge in [0.1, 0.15) is 0 Å². The Balaban J connectivity index is 3.04. The van der Waals surface area contributed by atoms with Gasteiger partial charge < -0.3 is 9.47 Å². The Labute approximate surface area is 146 Å². The lowest BCUT2D eigenvalue weighted by molar-refractivity contribution is -0.509. The van der Waals surface area contributed by atoms with E-state index in [1.807, 2.05) is 13.0 Å². The summed E-state index contributed by atoms with van der Waals surface area (Å²) in [6.07, 6.45) is 2.67. The van der Waals surface area contributed by atoms with Crippen molar-refractivity contribution in [1.82, 2.24) is 0 Å². The van der Waals surface area contributed by atoms with E-state index in [2.05, 4.69) is 0 Å². The maximum atomic E-state index is 12.3. The molecule has 0 amide bonds. The van der Waals surface area contributed by atoms with Gasteiger partial charge in [0.2, 0.25) is 0 Å². The number of carbonyl (C=O) groups is 2. The van der Waals surface area contributed by atoms with Crippen molar-refractivity contribution in [1.29, 1.82) is 0 Å². The van der Waals surface area contributed by atoms with E-state index in [1.165, 1.54) is 6.08 Å². The quantitative estimate of drug-likeness (QED) is 0.212. The minimum absolute atomic E-state index is 0.0296. The van der Waals surface area contributed by atoms with Gasteiger partial charge in [-0.1, -0.05) is 43.7 Å². The third-order valence-electron chi connectivity index (χ3n) is 3.36. The number of hydrogen-bond donors (Lipinski definition) is 0. The fourth-order valence-electron chi connectivity index (χ4n) is 2.04. The summed E-state index contributed by atoms with van der Waals surface area (Å²) < 4.78 is 9.89. The second kappa shape index (κ2) is 11.0. The van der Waals surface area contributed by atoms with E-state index < -0.39 is 22.9 Å². The maximum absolute atomic E-state index is 12.3. The van der Waals surface area contributed by atoms with Gasteiger partial charge in [-0.15, -0.1) is 0 Å². The van der Waals surface area contributed by atoms with Gasteiger partial charge in [-0.05, 0) is 25.0 Å². The zero-order valence-corrected chi connectivity index (χ0v) is 14.5. The second-order valence-corrected chi connectivity index (χ2v) is 5.33. The molecule has 1 atom stereocenters. The van der Waals surface area contributed by atoms with Gasteiger partial charge in [0.25, 0.3) is 0 Å². The average Bonchev–Trinajstić information content (AvgIpc) is 2.59. The molecule has 1 rings (SSSR count). The topological polar surface area (TPSA) is 95.7 Å². The standard InChI is InChI=1S/C18H23NO6/c1-3-5-11-25-17(20)15(12-14-9-7-6-8-10-14)13-16(19(22)23)18(21)24-4-2/h6-10,12,16H,3-5,11,13H2,1-2H3/b15-12+. The summed E-state index contributed by atoms with van der Waals surface area (Å²) in [6, 6.07) is 7.24. The zero-order valence-electron chi connectivity index (χ0n) is 14.5. The van der Waals surface area contributed by atoms with Crippen LogP contribution in [0.5, 0.6) is 0 Å². The number of esters is 2. The van der Waals surface area contributed by atoms with Gasteiger partial charge in [-0.2, -0.15) is 0 Å². The molecule has 7 heteroatoms. The van der Waals surface area contributed by atoms with Crippen LogP contribution in [0.25, 0.3) is 6.08 Å². The van der Waals surface area contributed by atoms with Crippen molar-refractivity contribution >= 4 is 18.0 Å². The molecule has 0 fully saturated rings. The summed E-state index contributed by atoms with van der Waals surface area (Å²) in [7, 11) is 0. The van der Waals surface area contributed by atoms with Gasteiger partial charge >= 0.3 is 18.0 Å². The lowest BCUT2D eigenvalue weighted by atomic mass is 10.0. The number of rotatable bonds is 10. The van der Waals surface area contributed by atoms with Gasteiger partial charge in [0.05, 0.1) is 19.6 Å². The predicted molar refractivity (Wildman–Crippen MR) is 92.3 cm³/mol. The molecule has 136 valence electrons. The Kier molecular flexibility index (Phi) is 8.92. The van der Waals surface area contributed by atoms with Gasteiger partial charge in [0.15, 0.2) is 0 Å². The SMILES string of the molecule is CCCCOC(=O)/C(=C/c1ccccc1)CC(C(=O)OCC)[N+](=O)[O-]. The highest BCUT2D eigenvalue weighted by atomic mass is 16.6. The minimum Gasteiger partial charge on any atom is -0.462 e. The molecule has 0 aliphatic rings. The number of unbranched alkanes of at least 4 members (excludes halogenated alkanes) is 1. The molecule has 25 heavy (non-hydrogen) atoms. The molecule has 0 aliphatic carbocycles. The summed E-state index contributed by atoms with van der Waals surface area (Å²) in [4.78, 5) is 34.6. The van der Waals surface area contributed by atoms with E-state index in [1.54, 1.807) is 31.2 Å². The first-order chi connectivity index (χ1) is 12.0. The molecule has 0 saturated carbocycles. The van der Waals surface area contributed by atoms with E-state index >= 15 is 0 Å². The molecule has 0 bridgehead atoms. The largest absolute Gasteiger partial charge is 0.462 e. The van der Waals surface area contributed by atoms with E-state index in [0.717, 1.165) is 6.42 Å². The number of benzene rings is 1. The van der Waals surface area contributed by atoms with Crippen molar-refractivity contribution in [3.8, 4) is 0 Å². The van der Waals surface area contributed by atoms with Crippen molar-refractivity contribution in [3.05, 3.63) is 51.6 Å². The van der Waals surface area contributed by atoms with E-state index in [4.69, 9.17) is 9.47 Å². The monoisotopic (exact) mass is 349 g/mol. The first-order valence-corrected chi connectivity index (χ1v) is 8.22. The number of carbonyl (C=O) groups excluding carboxylic acids is 2. The highest BCUT2D eigenvalue weighted by Gasteiger charge is 2.34. The van der Waals surface area contributed by atoms with Crippen LogP contribution in [0.15, 0.2) is 35.9 Å². The third-order valence-corrected chi connectivity index (χ3v) is 3.36. The molecule has 0 N–H and O–H groups in total. The first-order valence-electron chi connectivity index (χ1n) is 8.22. The summed E-state index contributed by atoms with van der Waals surface area (Å²) >= 11 is 0. The van der Waals surface area contributed by atoms with Crippen LogP contribution in [0.1, 0.15) is 38.7 Å². The normalized spacial score (nSPS) is 12.3. The maximum Gasteiger partial charge on any atom is 0.382 e. The molecule has 1 aromatic rings. The van der Waals surface area contributed by atoms with Crippen molar-refractivity contribution in [2.75, 3.05) is 13.2 Å². The highest BCUT2D eigenvalue weighted by molar-refractivity contribution is 5.94. The van der Waals surface area contributed by atoms with Crippen LogP contribution in [0.4, 0.5) is 0 Å². The first kappa shape index (κ1) is 20.3. The van der Waals surface area contributed by atoms with Crippen LogP contribution in [-0.4, -0.2) is 36.1 Å². The highest BCUT2D eigenvalue weighted by Crippen LogP contribution is 2.16. The van der Waals surface area contributed by atoms with Crippen LogP contribution < -0.4 is 0 Å². The molecular formula is C18H23NO6. The molecule has 0 aliphatic heterocycles. The lowest BCUT2D eigenvalue weighted by Gasteiger charge is -2.12. The second-order valence-electron chi connectivity index (χ2n) is 5.33. The minimum atomic E-state index is -1.64. The number of ether oxygens (including phenoxy) is 2. The predicted octanol–water partition coefficient (Wildman–Crippen LogP) is 3.01.